The minimum atomic E-state index is -0.557. The van der Waals surface area contributed by atoms with Crippen LogP contribution in [0.1, 0.15) is 18.4 Å². The summed E-state index contributed by atoms with van der Waals surface area (Å²) in [5.74, 6) is -0.965. The summed E-state index contributed by atoms with van der Waals surface area (Å²) in [6.07, 6.45) is 0.680. The molecule has 28 heavy (non-hydrogen) atoms. The molecule has 2 heterocycles. The van der Waals surface area contributed by atoms with Gasteiger partial charge in [0, 0.05) is 28.7 Å². The molecule has 2 aromatic rings. The van der Waals surface area contributed by atoms with Gasteiger partial charge in [0.05, 0.1) is 6.57 Å². The Morgan fingerprint density at radius 3 is 1.82 bits per heavy atom. The van der Waals surface area contributed by atoms with Crippen molar-refractivity contribution in [3.63, 3.8) is 0 Å². The fourth-order valence-electron chi connectivity index (χ4n) is 2.79. The highest BCUT2D eigenvalue weighted by molar-refractivity contribution is 5.55. The van der Waals surface area contributed by atoms with Gasteiger partial charge in [0.25, 0.3) is 16.8 Å². The van der Waals surface area contributed by atoms with Crippen molar-refractivity contribution in [2.75, 3.05) is 0 Å². The SMILES string of the molecule is [C-]#[N+]c1c(O)n(CCCCn2c(O)c(C#N)c(=C)c(=C)c2=O)c(=O)c(=C)c1=C. The maximum absolute atomic E-state index is 12.3. The molecule has 0 radical (unpaired) electrons. The molecule has 0 saturated carbocycles. The van der Waals surface area contributed by atoms with Crippen LogP contribution >= 0.6 is 0 Å². The number of nitriles is 1. The monoisotopic (exact) mass is 378 g/mol. The largest absolute Gasteiger partial charge is 0.503 e. The van der Waals surface area contributed by atoms with Crippen molar-refractivity contribution in [3.05, 3.63) is 58.6 Å². The van der Waals surface area contributed by atoms with Crippen LogP contribution in [0.4, 0.5) is 5.69 Å². The quantitative estimate of drug-likeness (QED) is 0.510. The van der Waals surface area contributed by atoms with Crippen molar-refractivity contribution >= 4 is 32.0 Å². The molecule has 0 fully saturated rings. The van der Waals surface area contributed by atoms with Gasteiger partial charge in [0.2, 0.25) is 5.88 Å². The van der Waals surface area contributed by atoms with Gasteiger partial charge in [-0.2, -0.15) is 5.26 Å². The minimum absolute atomic E-state index is 0.0256. The van der Waals surface area contributed by atoms with Crippen LogP contribution in [0, 0.1) is 17.9 Å². The van der Waals surface area contributed by atoms with E-state index >= 15 is 0 Å². The Morgan fingerprint density at radius 1 is 0.893 bits per heavy atom. The molecule has 0 unspecified atom stereocenters. The van der Waals surface area contributed by atoms with Crippen molar-refractivity contribution in [3.8, 4) is 17.8 Å². The summed E-state index contributed by atoms with van der Waals surface area (Å²) in [6, 6.07) is 1.80. The number of nitrogens with zero attached hydrogens (tertiary/aromatic N) is 4. The Morgan fingerprint density at radius 2 is 1.36 bits per heavy atom. The maximum atomic E-state index is 12.3. The van der Waals surface area contributed by atoms with Crippen molar-refractivity contribution in [1.82, 2.24) is 9.13 Å². The zero-order valence-electron chi connectivity index (χ0n) is 15.2. The fourth-order valence-corrected chi connectivity index (χ4v) is 2.79. The van der Waals surface area contributed by atoms with Crippen LogP contribution < -0.4 is 32.0 Å². The molecule has 8 nitrogen and oxygen atoms in total. The molecule has 0 amide bonds. The van der Waals surface area contributed by atoms with E-state index in [1.807, 2.05) is 0 Å². The first-order chi connectivity index (χ1) is 13.2. The molecule has 0 aromatic carbocycles. The first-order valence-corrected chi connectivity index (χ1v) is 8.22. The summed E-state index contributed by atoms with van der Waals surface area (Å²) < 4.78 is 2.05. The summed E-state index contributed by atoms with van der Waals surface area (Å²) in [6.45, 7) is 21.6. The van der Waals surface area contributed by atoms with Gasteiger partial charge in [0.15, 0.2) is 5.88 Å². The predicted octanol–water partition coefficient (Wildman–Crippen LogP) is -1.03. The Hall–Kier alpha value is -4.04. The van der Waals surface area contributed by atoms with E-state index in [2.05, 4.69) is 31.2 Å². The molecule has 2 N–H and O–H groups in total. The molecule has 0 saturated heterocycles. The highest BCUT2D eigenvalue weighted by atomic mass is 16.3. The van der Waals surface area contributed by atoms with Crippen molar-refractivity contribution in [2.45, 2.75) is 25.9 Å². The summed E-state index contributed by atoms with van der Waals surface area (Å²) in [7, 11) is 0. The van der Waals surface area contributed by atoms with Crippen LogP contribution in [-0.2, 0) is 13.1 Å². The number of unbranched alkanes of at least 4 members (excludes halogenated alkanes) is 1. The van der Waals surface area contributed by atoms with Gasteiger partial charge < -0.3 is 10.2 Å². The van der Waals surface area contributed by atoms with Crippen LogP contribution in [0.3, 0.4) is 0 Å². The van der Waals surface area contributed by atoms with Gasteiger partial charge in [-0.3, -0.25) is 18.7 Å². The zero-order valence-corrected chi connectivity index (χ0v) is 15.2. The standard InChI is InChI=1S/C20H18N4O4/c1-11-13(3)17(25)23(19(27)15(11)10-21)8-6-7-9-24-18(26)14(4)12(2)16(22-5)20(24)28/h27-28H,1-4,6-9H2. The number of hydrogen-bond acceptors (Lipinski definition) is 5. The van der Waals surface area contributed by atoms with E-state index in [4.69, 9.17) is 11.8 Å². The van der Waals surface area contributed by atoms with Gasteiger partial charge >= 0.3 is 0 Å². The summed E-state index contributed by atoms with van der Waals surface area (Å²) in [5.41, 5.74) is -1.36. The van der Waals surface area contributed by atoms with Crippen molar-refractivity contribution in [2.24, 2.45) is 0 Å². The molecule has 0 aliphatic heterocycles. The second-order valence-corrected chi connectivity index (χ2v) is 6.13. The Balaban J connectivity index is 2.29. The topological polar surface area (TPSA) is 113 Å². The second kappa shape index (κ2) is 7.68. The Bertz CT molecular complexity index is 1260. The number of aromatic hydroxyl groups is 2. The minimum Gasteiger partial charge on any atom is -0.503 e. The predicted molar refractivity (Wildman–Crippen MR) is 106 cm³/mol. The van der Waals surface area contributed by atoms with Crippen LogP contribution in [0.25, 0.3) is 31.2 Å². The van der Waals surface area contributed by atoms with Crippen molar-refractivity contribution < 1.29 is 10.2 Å². The molecule has 0 atom stereocenters. The Kier molecular flexibility index (Phi) is 5.56. The first-order valence-electron chi connectivity index (χ1n) is 8.22. The molecular formula is C20H18N4O4. The van der Waals surface area contributed by atoms with E-state index in [9.17, 15) is 19.8 Å². The lowest BCUT2D eigenvalue weighted by Crippen LogP contribution is -2.45. The maximum Gasteiger partial charge on any atom is 0.260 e. The summed E-state index contributed by atoms with van der Waals surface area (Å²) in [5, 5.41) is 29.6. The molecule has 0 spiro atoms. The van der Waals surface area contributed by atoms with Crippen molar-refractivity contribution in [1.29, 1.82) is 5.26 Å². The number of hydrogen-bond donors (Lipinski definition) is 2. The molecule has 2 aromatic heterocycles. The van der Waals surface area contributed by atoms with E-state index < -0.39 is 22.9 Å². The Labute approximate surface area is 159 Å². The third-order valence-electron chi connectivity index (χ3n) is 4.51. The normalized spacial score (nSPS) is 10.4. The van der Waals surface area contributed by atoms with E-state index in [1.165, 1.54) is 0 Å². The lowest BCUT2D eigenvalue weighted by Gasteiger charge is -2.12. The number of pyridine rings is 2. The summed E-state index contributed by atoms with van der Waals surface area (Å²) in [4.78, 5) is 27.7. The lowest BCUT2D eigenvalue weighted by molar-refractivity contribution is 0.382. The van der Waals surface area contributed by atoms with Crippen LogP contribution in [0.15, 0.2) is 9.59 Å². The van der Waals surface area contributed by atoms with Crippen LogP contribution in [-0.4, -0.2) is 19.3 Å². The highest BCUT2D eigenvalue weighted by Crippen LogP contribution is 2.19. The molecule has 0 aliphatic carbocycles. The van der Waals surface area contributed by atoms with E-state index in [-0.39, 0.29) is 45.2 Å². The first kappa shape index (κ1) is 20.3. The molecule has 2 rings (SSSR count). The van der Waals surface area contributed by atoms with Gasteiger partial charge in [-0.15, -0.1) is 6.58 Å². The molecule has 8 heteroatoms. The average Bonchev–Trinajstić information content (AvgIpc) is 2.67. The third kappa shape index (κ3) is 3.19. The smallest absolute Gasteiger partial charge is 0.260 e. The van der Waals surface area contributed by atoms with E-state index in [0.717, 1.165) is 9.13 Å². The number of rotatable bonds is 5. The van der Waals surface area contributed by atoms with Gasteiger partial charge in [-0.05, 0) is 18.1 Å². The van der Waals surface area contributed by atoms with Crippen LogP contribution in [0.5, 0.6) is 11.8 Å². The summed E-state index contributed by atoms with van der Waals surface area (Å²) >= 11 is 0. The van der Waals surface area contributed by atoms with Gasteiger partial charge in [-0.25, -0.2) is 4.85 Å². The van der Waals surface area contributed by atoms with Gasteiger partial charge in [-0.1, -0.05) is 19.7 Å². The second-order valence-electron chi connectivity index (χ2n) is 6.13. The average molecular weight is 378 g/mol. The third-order valence-corrected chi connectivity index (χ3v) is 4.51. The van der Waals surface area contributed by atoms with Crippen LogP contribution in [0.2, 0.25) is 0 Å². The van der Waals surface area contributed by atoms with E-state index in [0.29, 0.717) is 12.8 Å². The molecular weight excluding hydrogens is 360 g/mol. The fraction of sp³-hybridized carbons (Fsp3) is 0.200. The van der Waals surface area contributed by atoms with Gasteiger partial charge in [0.1, 0.15) is 11.6 Å². The molecule has 0 bridgehead atoms. The lowest BCUT2D eigenvalue weighted by atomic mass is 10.2. The highest BCUT2D eigenvalue weighted by Gasteiger charge is 2.14. The molecule has 142 valence electrons. The van der Waals surface area contributed by atoms with E-state index in [1.54, 1.807) is 6.07 Å². The number of aromatic nitrogens is 2. The molecule has 0 aliphatic rings. The zero-order chi connectivity index (χ0) is 21.2.